The van der Waals surface area contributed by atoms with Gasteiger partial charge in [0.1, 0.15) is 0 Å². The lowest BCUT2D eigenvalue weighted by Gasteiger charge is -2.16. The second kappa shape index (κ2) is 5.49. The number of hydrogen-bond acceptors (Lipinski definition) is 4. The molecule has 0 aliphatic heterocycles. The Morgan fingerprint density at radius 2 is 2.00 bits per heavy atom. The SMILES string of the molecule is CN(C)C(=O)[C@@H](N)Cc1cccc(S(C)(=O)=O)c1. The Morgan fingerprint density at radius 1 is 1.39 bits per heavy atom. The van der Waals surface area contributed by atoms with Gasteiger partial charge in [0.15, 0.2) is 9.84 Å². The van der Waals surface area contributed by atoms with E-state index in [1.807, 2.05) is 0 Å². The van der Waals surface area contributed by atoms with Crippen molar-refractivity contribution in [2.75, 3.05) is 20.4 Å². The van der Waals surface area contributed by atoms with E-state index in [2.05, 4.69) is 0 Å². The lowest BCUT2D eigenvalue weighted by molar-refractivity contribution is -0.130. The second-order valence-corrected chi connectivity index (χ2v) is 6.48. The van der Waals surface area contributed by atoms with Crippen LogP contribution in [0.5, 0.6) is 0 Å². The topological polar surface area (TPSA) is 80.5 Å². The Bertz CT molecular complexity index is 538. The van der Waals surface area contributed by atoms with Gasteiger partial charge in [-0.25, -0.2) is 8.42 Å². The number of benzene rings is 1. The van der Waals surface area contributed by atoms with E-state index in [4.69, 9.17) is 5.73 Å². The molecule has 1 rings (SSSR count). The molecule has 100 valence electrons. The second-order valence-electron chi connectivity index (χ2n) is 4.46. The Hall–Kier alpha value is -1.40. The fraction of sp³-hybridized carbons (Fsp3) is 0.417. The zero-order chi connectivity index (χ0) is 13.9. The van der Waals surface area contributed by atoms with Crippen LogP contribution < -0.4 is 5.73 Å². The summed E-state index contributed by atoms with van der Waals surface area (Å²) in [4.78, 5) is 13.3. The number of nitrogens with zero attached hydrogens (tertiary/aromatic N) is 1. The van der Waals surface area contributed by atoms with Crippen LogP contribution in [0.4, 0.5) is 0 Å². The Balaban J connectivity index is 2.90. The van der Waals surface area contributed by atoms with Crippen molar-refractivity contribution >= 4 is 15.7 Å². The number of sulfone groups is 1. The molecular weight excluding hydrogens is 252 g/mol. The number of nitrogens with two attached hydrogens (primary N) is 1. The molecule has 0 aliphatic rings. The van der Waals surface area contributed by atoms with E-state index in [1.165, 1.54) is 11.0 Å². The van der Waals surface area contributed by atoms with Crippen molar-refractivity contribution in [1.82, 2.24) is 4.90 Å². The highest BCUT2D eigenvalue weighted by Gasteiger charge is 2.16. The van der Waals surface area contributed by atoms with Gasteiger partial charge in [0, 0.05) is 20.4 Å². The van der Waals surface area contributed by atoms with E-state index < -0.39 is 15.9 Å². The molecule has 1 aromatic rings. The van der Waals surface area contributed by atoms with Crippen molar-refractivity contribution in [2.24, 2.45) is 5.73 Å². The van der Waals surface area contributed by atoms with Gasteiger partial charge < -0.3 is 10.6 Å². The first-order valence-electron chi connectivity index (χ1n) is 5.47. The van der Waals surface area contributed by atoms with Crippen LogP contribution in [0.25, 0.3) is 0 Å². The summed E-state index contributed by atoms with van der Waals surface area (Å²) in [6.07, 6.45) is 1.47. The third-order valence-electron chi connectivity index (χ3n) is 2.54. The Kier molecular flexibility index (Phi) is 4.48. The van der Waals surface area contributed by atoms with Crippen molar-refractivity contribution in [2.45, 2.75) is 17.4 Å². The average Bonchev–Trinajstić information content (AvgIpc) is 2.27. The highest BCUT2D eigenvalue weighted by molar-refractivity contribution is 7.90. The highest BCUT2D eigenvalue weighted by Crippen LogP contribution is 2.12. The molecule has 0 heterocycles. The Morgan fingerprint density at radius 3 is 2.50 bits per heavy atom. The zero-order valence-corrected chi connectivity index (χ0v) is 11.6. The summed E-state index contributed by atoms with van der Waals surface area (Å²) in [7, 11) is 0.0342. The molecule has 5 nitrogen and oxygen atoms in total. The minimum atomic E-state index is -3.23. The monoisotopic (exact) mass is 270 g/mol. The molecule has 0 unspecified atom stereocenters. The van der Waals surface area contributed by atoms with Crippen LogP contribution in [0.2, 0.25) is 0 Å². The summed E-state index contributed by atoms with van der Waals surface area (Å²) in [5, 5.41) is 0. The molecule has 0 fully saturated rings. The van der Waals surface area contributed by atoms with Gasteiger partial charge >= 0.3 is 0 Å². The van der Waals surface area contributed by atoms with Crippen LogP contribution in [0.3, 0.4) is 0 Å². The average molecular weight is 270 g/mol. The molecule has 0 aromatic heterocycles. The molecule has 0 spiro atoms. The predicted octanol–water partition coefficient (Wildman–Crippen LogP) is 0.0481. The minimum Gasteiger partial charge on any atom is -0.347 e. The number of carbonyl (C=O) groups is 1. The largest absolute Gasteiger partial charge is 0.347 e. The number of likely N-dealkylation sites (N-methyl/N-ethyl adjacent to an activating group) is 1. The number of rotatable bonds is 4. The molecule has 1 aromatic carbocycles. The van der Waals surface area contributed by atoms with E-state index in [0.717, 1.165) is 11.8 Å². The summed E-state index contributed by atoms with van der Waals surface area (Å²) < 4.78 is 22.8. The first-order valence-corrected chi connectivity index (χ1v) is 7.36. The fourth-order valence-electron chi connectivity index (χ4n) is 1.58. The van der Waals surface area contributed by atoms with Gasteiger partial charge in [-0.1, -0.05) is 12.1 Å². The van der Waals surface area contributed by atoms with Crippen LogP contribution in [0.1, 0.15) is 5.56 Å². The number of hydrogen-bond donors (Lipinski definition) is 1. The molecule has 1 atom stereocenters. The maximum Gasteiger partial charge on any atom is 0.239 e. The molecule has 1 amide bonds. The van der Waals surface area contributed by atoms with E-state index >= 15 is 0 Å². The normalized spacial score (nSPS) is 13.1. The first kappa shape index (κ1) is 14.7. The molecule has 6 heteroatoms. The summed E-state index contributed by atoms with van der Waals surface area (Å²) in [5.41, 5.74) is 6.51. The van der Waals surface area contributed by atoms with E-state index in [0.29, 0.717) is 6.42 Å². The van der Waals surface area contributed by atoms with Crippen molar-refractivity contribution in [3.05, 3.63) is 29.8 Å². The molecule has 0 saturated carbocycles. The third kappa shape index (κ3) is 3.82. The molecular formula is C12H18N2O3S. The lowest BCUT2D eigenvalue weighted by Crippen LogP contribution is -2.41. The zero-order valence-electron chi connectivity index (χ0n) is 10.8. The van der Waals surface area contributed by atoms with Gasteiger partial charge in [0.2, 0.25) is 5.91 Å². The van der Waals surface area contributed by atoms with Crippen LogP contribution in [-0.2, 0) is 21.1 Å². The smallest absolute Gasteiger partial charge is 0.239 e. The molecule has 0 saturated heterocycles. The van der Waals surface area contributed by atoms with Crippen molar-refractivity contribution < 1.29 is 13.2 Å². The molecule has 0 radical (unpaired) electrons. The van der Waals surface area contributed by atoms with Crippen LogP contribution >= 0.6 is 0 Å². The van der Waals surface area contributed by atoms with Crippen molar-refractivity contribution in [3.8, 4) is 0 Å². The van der Waals surface area contributed by atoms with E-state index in [9.17, 15) is 13.2 Å². The predicted molar refractivity (Wildman–Crippen MR) is 69.9 cm³/mol. The summed E-state index contributed by atoms with van der Waals surface area (Å²) in [6.45, 7) is 0. The lowest BCUT2D eigenvalue weighted by atomic mass is 10.1. The summed E-state index contributed by atoms with van der Waals surface area (Å²) in [5.74, 6) is -0.181. The highest BCUT2D eigenvalue weighted by atomic mass is 32.2. The van der Waals surface area contributed by atoms with Gasteiger partial charge in [-0.2, -0.15) is 0 Å². The molecule has 2 N–H and O–H groups in total. The van der Waals surface area contributed by atoms with Crippen molar-refractivity contribution in [3.63, 3.8) is 0 Å². The van der Waals surface area contributed by atoms with Gasteiger partial charge in [-0.3, -0.25) is 4.79 Å². The quantitative estimate of drug-likeness (QED) is 0.838. The molecule has 0 aliphatic carbocycles. The van der Waals surface area contributed by atoms with Crippen LogP contribution in [-0.4, -0.2) is 45.6 Å². The summed E-state index contributed by atoms with van der Waals surface area (Å²) >= 11 is 0. The number of carbonyl (C=O) groups excluding carboxylic acids is 1. The van der Waals surface area contributed by atoms with Gasteiger partial charge in [0.25, 0.3) is 0 Å². The fourth-order valence-corrected chi connectivity index (χ4v) is 2.27. The van der Waals surface area contributed by atoms with Crippen LogP contribution in [0, 0.1) is 0 Å². The standard InChI is InChI=1S/C12H18N2O3S/c1-14(2)12(15)11(13)8-9-5-4-6-10(7-9)18(3,16)17/h4-7,11H,8,13H2,1-3H3/t11-/m0/s1. The van der Waals surface area contributed by atoms with E-state index in [-0.39, 0.29) is 10.8 Å². The first-order chi connectivity index (χ1) is 8.21. The van der Waals surface area contributed by atoms with Crippen LogP contribution in [0.15, 0.2) is 29.2 Å². The van der Waals surface area contributed by atoms with Gasteiger partial charge in [0.05, 0.1) is 10.9 Å². The van der Waals surface area contributed by atoms with Gasteiger partial charge in [-0.15, -0.1) is 0 Å². The van der Waals surface area contributed by atoms with Crippen molar-refractivity contribution in [1.29, 1.82) is 0 Å². The molecule has 18 heavy (non-hydrogen) atoms. The molecule has 0 bridgehead atoms. The summed E-state index contributed by atoms with van der Waals surface area (Å²) in [6, 6.07) is 5.83. The third-order valence-corrected chi connectivity index (χ3v) is 3.65. The minimum absolute atomic E-state index is 0.181. The van der Waals surface area contributed by atoms with Gasteiger partial charge in [-0.05, 0) is 24.1 Å². The number of amides is 1. The van der Waals surface area contributed by atoms with E-state index in [1.54, 1.807) is 32.3 Å². The maximum absolute atomic E-state index is 11.6. The Labute approximate surface area is 108 Å². The maximum atomic E-state index is 11.6.